The minimum atomic E-state index is 0.233. The lowest BCUT2D eigenvalue weighted by Gasteiger charge is -2.31. The molecule has 2 aliphatic rings. The van der Waals surface area contributed by atoms with Crippen molar-refractivity contribution in [2.45, 2.75) is 37.4 Å². The predicted octanol–water partition coefficient (Wildman–Crippen LogP) is 0.598. The van der Waals surface area contributed by atoms with Crippen molar-refractivity contribution in [2.75, 3.05) is 0 Å². The van der Waals surface area contributed by atoms with E-state index in [-0.39, 0.29) is 6.04 Å². The van der Waals surface area contributed by atoms with E-state index in [2.05, 4.69) is 21.9 Å². The van der Waals surface area contributed by atoms with E-state index in [1.54, 1.807) is 6.20 Å². The molecular formula is C13H17N5. The van der Waals surface area contributed by atoms with E-state index in [0.29, 0.717) is 23.7 Å². The van der Waals surface area contributed by atoms with Gasteiger partial charge in [-0.3, -0.25) is 5.43 Å². The van der Waals surface area contributed by atoms with Crippen LogP contribution in [0.4, 0.5) is 0 Å². The van der Waals surface area contributed by atoms with Crippen LogP contribution in [0.3, 0.4) is 0 Å². The highest BCUT2D eigenvalue weighted by Gasteiger charge is 2.40. The van der Waals surface area contributed by atoms with Crippen molar-refractivity contribution in [1.82, 2.24) is 15.8 Å². The fourth-order valence-corrected chi connectivity index (χ4v) is 3.12. The van der Waals surface area contributed by atoms with Crippen molar-refractivity contribution in [3.05, 3.63) is 29.6 Å². The van der Waals surface area contributed by atoms with Gasteiger partial charge >= 0.3 is 0 Å². The van der Waals surface area contributed by atoms with Gasteiger partial charge in [0.2, 0.25) is 0 Å². The van der Waals surface area contributed by atoms with Crippen molar-refractivity contribution in [3.8, 4) is 6.07 Å². The first-order valence-electron chi connectivity index (χ1n) is 6.40. The maximum atomic E-state index is 8.91. The number of hydrogen-bond acceptors (Lipinski definition) is 5. The normalized spacial score (nSPS) is 34.9. The molecule has 1 aliphatic heterocycles. The third-order valence-corrected chi connectivity index (χ3v) is 4.05. The lowest BCUT2D eigenvalue weighted by molar-refractivity contribution is 0.279. The van der Waals surface area contributed by atoms with Gasteiger partial charge in [0.1, 0.15) is 11.8 Å². The molecule has 2 fully saturated rings. The summed E-state index contributed by atoms with van der Waals surface area (Å²) in [5.41, 5.74) is 14.4. The summed E-state index contributed by atoms with van der Waals surface area (Å²) in [6.45, 7) is 0. The van der Waals surface area contributed by atoms with Crippen LogP contribution in [0.2, 0.25) is 0 Å². The Morgan fingerprint density at radius 3 is 3.11 bits per heavy atom. The van der Waals surface area contributed by atoms with E-state index in [9.17, 15) is 0 Å². The van der Waals surface area contributed by atoms with E-state index in [4.69, 9.17) is 11.0 Å². The quantitative estimate of drug-likeness (QED) is 0.672. The molecule has 18 heavy (non-hydrogen) atoms. The lowest BCUT2D eigenvalue weighted by Crippen LogP contribution is -2.39. The number of hydrogen-bond donors (Lipinski definition) is 3. The molecule has 0 bridgehead atoms. The Kier molecular flexibility index (Phi) is 3.00. The van der Waals surface area contributed by atoms with Crippen LogP contribution < -0.4 is 16.6 Å². The first-order valence-corrected chi connectivity index (χ1v) is 6.40. The fraction of sp³-hybridized carbons (Fsp3) is 0.538. The molecule has 0 radical (unpaired) electrons. The molecule has 1 saturated carbocycles. The van der Waals surface area contributed by atoms with Crippen molar-refractivity contribution in [1.29, 1.82) is 5.26 Å². The number of nitriles is 1. The number of nitrogens with zero attached hydrogens (tertiary/aromatic N) is 2. The Bertz CT molecular complexity index is 481. The average molecular weight is 243 g/mol. The summed E-state index contributed by atoms with van der Waals surface area (Å²) in [6, 6.07) is 6.95. The molecular weight excluding hydrogens is 226 g/mol. The SMILES string of the molecule is N#Cc1cc(C2NNC3CCC(N)CC32)ccn1. The monoisotopic (exact) mass is 243 g/mol. The second kappa shape index (κ2) is 4.65. The van der Waals surface area contributed by atoms with Crippen molar-refractivity contribution >= 4 is 0 Å². The highest BCUT2D eigenvalue weighted by Crippen LogP contribution is 2.37. The van der Waals surface area contributed by atoms with Crippen molar-refractivity contribution in [3.63, 3.8) is 0 Å². The number of rotatable bonds is 1. The zero-order valence-corrected chi connectivity index (χ0v) is 10.1. The standard InChI is InChI=1S/C13H17N5/c14-7-10-5-8(3-4-16-10)13-11-6-9(15)1-2-12(11)17-18-13/h3-5,9,11-13,17-18H,1-2,6,15H2. The number of nitrogens with two attached hydrogens (primary N) is 1. The number of pyridine rings is 1. The maximum Gasteiger partial charge on any atom is 0.140 e. The highest BCUT2D eigenvalue weighted by atomic mass is 15.4. The summed E-state index contributed by atoms with van der Waals surface area (Å²) in [5.74, 6) is 0.502. The van der Waals surface area contributed by atoms with Crippen LogP contribution in [0.5, 0.6) is 0 Å². The molecule has 1 aromatic rings. The van der Waals surface area contributed by atoms with Gasteiger partial charge in [0, 0.05) is 18.3 Å². The number of nitrogens with one attached hydrogen (secondary N) is 2. The smallest absolute Gasteiger partial charge is 0.140 e. The summed E-state index contributed by atoms with van der Waals surface area (Å²) in [5, 5.41) is 8.91. The number of hydrazine groups is 1. The van der Waals surface area contributed by atoms with Crippen LogP contribution in [0, 0.1) is 17.2 Å². The zero-order valence-electron chi connectivity index (χ0n) is 10.1. The van der Waals surface area contributed by atoms with Gasteiger partial charge in [-0.05, 0) is 42.9 Å². The molecule has 0 aromatic carbocycles. The lowest BCUT2D eigenvalue weighted by atomic mass is 9.77. The van der Waals surface area contributed by atoms with Gasteiger partial charge in [-0.1, -0.05) is 0 Å². The highest BCUT2D eigenvalue weighted by molar-refractivity contribution is 5.29. The Hall–Kier alpha value is -1.48. The summed E-state index contributed by atoms with van der Waals surface area (Å²) < 4.78 is 0. The predicted molar refractivity (Wildman–Crippen MR) is 67.1 cm³/mol. The van der Waals surface area contributed by atoms with Crippen LogP contribution in [0.15, 0.2) is 18.3 Å². The molecule has 1 aromatic heterocycles. The third kappa shape index (κ3) is 1.99. The Morgan fingerprint density at radius 1 is 1.39 bits per heavy atom. The molecule has 2 heterocycles. The second-order valence-electron chi connectivity index (χ2n) is 5.20. The molecule has 5 heteroatoms. The molecule has 1 aliphatic carbocycles. The fourth-order valence-electron chi connectivity index (χ4n) is 3.12. The van der Waals surface area contributed by atoms with Gasteiger partial charge in [-0.2, -0.15) is 5.26 Å². The largest absolute Gasteiger partial charge is 0.328 e. The van der Waals surface area contributed by atoms with E-state index in [0.717, 1.165) is 24.8 Å². The molecule has 4 unspecified atom stereocenters. The van der Waals surface area contributed by atoms with Gasteiger partial charge in [-0.15, -0.1) is 0 Å². The van der Waals surface area contributed by atoms with Crippen molar-refractivity contribution in [2.24, 2.45) is 11.7 Å². The zero-order chi connectivity index (χ0) is 12.5. The topological polar surface area (TPSA) is 86.8 Å². The maximum absolute atomic E-state index is 8.91. The van der Waals surface area contributed by atoms with Crippen LogP contribution in [0.25, 0.3) is 0 Å². The van der Waals surface area contributed by atoms with Gasteiger partial charge < -0.3 is 5.73 Å². The first-order chi connectivity index (χ1) is 8.78. The summed E-state index contributed by atoms with van der Waals surface area (Å²) in [4.78, 5) is 4.01. The molecule has 1 saturated heterocycles. The minimum absolute atomic E-state index is 0.233. The van der Waals surface area contributed by atoms with Crippen molar-refractivity contribution < 1.29 is 0 Å². The van der Waals surface area contributed by atoms with Crippen LogP contribution >= 0.6 is 0 Å². The second-order valence-corrected chi connectivity index (χ2v) is 5.20. The van der Waals surface area contributed by atoms with E-state index < -0.39 is 0 Å². The van der Waals surface area contributed by atoms with Crippen LogP contribution in [-0.4, -0.2) is 17.1 Å². The Balaban J connectivity index is 1.85. The number of aromatic nitrogens is 1. The molecule has 0 amide bonds. The van der Waals surface area contributed by atoms with Gasteiger partial charge in [0.15, 0.2) is 0 Å². The molecule has 0 spiro atoms. The van der Waals surface area contributed by atoms with E-state index >= 15 is 0 Å². The molecule has 94 valence electrons. The minimum Gasteiger partial charge on any atom is -0.328 e. The molecule has 4 atom stereocenters. The average Bonchev–Trinajstić information content (AvgIpc) is 2.81. The Labute approximate surface area is 106 Å². The van der Waals surface area contributed by atoms with Gasteiger partial charge in [-0.25, -0.2) is 10.4 Å². The third-order valence-electron chi connectivity index (χ3n) is 4.05. The molecule has 3 rings (SSSR count). The molecule has 4 N–H and O–H groups in total. The van der Waals surface area contributed by atoms with Gasteiger partial charge in [0.05, 0.1) is 6.04 Å². The van der Waals surface area contributed by atoms with Crippen LogP contribution in [-0.2, 0) is 0 Å². The Morgan fingerprint density at radius 2 is 2.28 bits per heavy atom. The number of fused-ring (bicyclic) bond motifs is 1. The van der Waals surface area contributed by atoms with Gasteiger partial charge in [0.25, 0.3) is 0 Å². The summed E-state index contributed by atoms with van der Waals surface area (Å²) in [7, 11) is 0. The summed E-state index contributed by atoms with van der Waals surface area (Å²) >= 11 is 0. The van der Waals surface area contributed by atoms with E-state index in [1.165, 1.54) is 0 Å². The van der Waals surface area contributed by atoms with E-state index in [1.807, 2.05) is 12.1 Å². The van der Waals surface area contributed by atoms with Crippen LogP contribution in [0.1, 0.15) is 36.6 Å². The molecule has 5 nitrogen and oxygen atoms in total. The first kappa shape index (κ1) is 11.6. The summed E-state index contributed by atoms with van der Waals surface area (Å²) in [6.07, 6.45) is 4.93.